The second-order valence-electron chi connectivity index (χ2n) is 4.86. The average molecular weight is 350 g/mol. The zero-order valence-corrected chi connectivity index (χ0v) is 12.4. The molecular weight excluding hydrogens is 337 g/mol. The maximum atomic E-state index is 12.6. The van der Waals surface area contributed by atoms with Gasteiger partial charge in [-0.2, -0.15) is 21.6 Å². The van der Waals surface area contributed by atoms with Gasteiger partial charge in [-0.25, -0.2) is 0 Å². The molecule has 10 heteroatoms. The van der Waals surface area contributed by atoms with Crippen LogP contribution in [0.15, 0.2) is 24.3 Å². The van der Waals surface area contributed by atoms with Gasteiger partial charge in [0, 0.05) is 12.2 Å². The Kier molecular flexibility index (Phi) is 4.66. The summed E-state index contributed by atoms with van der Waals surface area (Å²) in [6, 6.07) is 2.24. The lowest BCUT2D eigenvalue weighted by Crippen LogP contribution is -2.41. The SMILES string of the molecule is O=C(NCCS(=O)(=O)O)C1C=Cc2cc(C(F)(F)F)ccc2N1. The molecule has 0 fully saturated rings. The van der Waals surface area contributed by atoms with Crippen molar-refractivity contribution in [3.63, 3.8) is 0 Å². The third kappa shape index (κ3) is 4.70. The summed E-state index contributed by atoms with van der Waals surface area (Å²) in [5.41, 5.74) is -0.143. The van der Waals surface area contributed by atoms with Crippen LogP contribution in [0.2, 0.25) is 0 Å². The highest BCUT2D eigenvalue weighted by atomic mass is 32.2. The van der Waals surface area contributed by atoms with E-state index in [2.05, 4.69) is 10.6 Å². The number of fused-ring (bicyclic) bond motifs is 1. The summed E-state index contributed by atoms with van der Waals surface area (Å²) >= 11 is 0. The highest BCUT2D eigenvalue weighted by Crippen LogP contribution is 2.33. The number of hydrogen-bond acceptors (Lipinski definition) is 4. The van der Waals surface area contributed by atoms with Gasteiger partial charge in [0.1, 0.15) is 6.04 Å². The van der Waals surface area contributed by atoms with Gasteiger partial charge in [-0.1, -0.05) is 12.2 Å². The zero-order valence-electron chi connectivity index (χ0n) is 11.6. The number of halogens is 3. The predicted molar refractivity (Wildman–Crippen MR) is 77.3 cm³/mol. The van der Waals surface area contributed by atoms with Crippen molar-refractivity contribution >= 4 is 27.8 Å². The topological polar surface area (TPSA) is 95.5 Å². The van der Waals surface area contributed by atoms with E-state index in [0.717, 1.165) is 12.1 Å². The number of carbonyl (C=O) groups excluding carboxylic acids is 1. The normalized spacial score (nSPS) is 17.3. The number of hydrogen-bond donors (Lipinski definition) is 3. The summed E-state index contributed by atoms with van der Waals surface area (Å²) < 4.78 is 67.5. The Morgan fingerprint density at radius 1 is 1.35 bits per heavy atom. The molecule has 1 aliphatic rings. The largest absolute Gasteiger partial charge is 0.416 e. The molecule has 3 N–H and O–H groups in total. The molecule has 1 unspecified atom stereocenters. The maximum Gasteiger partial charge on any atom is 0.416 e. The predicted octanol–water partition coefficient (Wildman–Crippen LogP) is 1.52. The summed E-state index contributed by atoms with van der Waals surface area (Å²) in [7, 11) is -4.18. The molecule has 0 saturated carbocycles. The molecule has 1 heterocycles. The van der Waals surface area contributed by atoms with E-state index >= 15 is 0 Å². The highest BCUT2D eigenvalue weighted by Gasteiger charge is 2.31. The number of rotatable bonds is 4. The lowest BCUT2D eigenvalue weighted by molar-refractivity contribution is -0.137. The number of alkyl halides is 3. The van der Waals surface area contributed by atoms with Crippen molar-refractivity contribution in [3.05, 3.63) is 35.4 Å². The molecule has 126 valence electrons. The van der Waals surface area contributed by atoms with Crippen molar-refractivity contribution in [3.8, 4) is 0 Å². The van der Waals surface area contributed by atoms with Gasteiger partial charge in [0.25, 0.3) is 10.1 Å². The standard InChI is InChI=1S/C13H13F3N2O4S/c14-13(15,16)9-2-4-10-8(7-9)1-3-11(18-10)12(19)17-5-6-23(20,21)22/h1-4,7,11,18H,5-6H2,(H,17,19)(H,20,21,22). The van der Waals surface area contributed by atoms with Gasteiger partial charge < -0.3 is 10.6 Å². The van der Waals surface area contributed by atoms with Gasteiger partial charge in [0.2, 0.25) is 5.91 Å². The Bertz CT molecular complexity index is 744. The van der Waals surface area contributed by atoms with Crippen LogP contribution in [0, 0.1) is 0 Å². The van der Waals surface area contributed by atoms with Crippen molar-refractivity contribution in [1.82, 2.24) is 5.32 Å². The summed E-state index contributed by atoms with van der Waals surface area (Å²) in [5, 5.41) is 5.05. The Morgan fingerprint density at radius 2 is 2.04 bits per heavy atom. The van der Waals surface area contributed by atoms with Gasteiger partial charge in [-0.15, -0.1) is 0 Å². The van der Waals surface area contributed by atoms with E-state index < -0.39 is 39.6 Å². The minimum absolute atomic E-state index is 0.274. The first-order valence-corrected chi connectivity index (χ1v) is 8.06. The summed E-state index contributed by atoms with van der Waals surface area (Å²) in [6.45, 7) is -0.274. The quantitative estimate of drug-likeness (QED) is 0.716. The van der Waals surface area contributed by atoms with Crippen molar-refractivity contribution in [2.24, 2.45) is 0 Å². The van der Waals surface area contributed by atoms with E-state index in [9.17, 15) is 26.4 Å². The van der Waals surface area contributed by atoms with Crippen LogP contribution in [0.25, 0.3) is 6.08 Å². The molecule has 0 spiro atoms. The highest BCUT2D eigenvalue weighted by molar-refractivity contribution is 7.85. The van der Waals surface area contributed by atoms with E-state index in [0.29, 0.717) is 11.3 Å². The molecule has 0 aliphatic carbocycles. The number of benzene rings is 1. The van der Waals surface area contributed by atoms with Gasteiger partial charge in [-0.3, -0.25) is 9.35 Å². The van der Waals surface area contributed by atoms with E-state index in [1.807, 2.05) is 0 Å². The van der Waals surface area contributed by atoms with Crippen molar-refractivity contribution < 1.29 is 30.9 Å². The molecule has 1 amide bonds. The minimum Gasteiger partial charge on any atom is -0.370 e. The van der Waals surface area contributed by atoms with E-state index in [4.69, 9.17) is 4.55 Å². The van der Waals surface area contributed by atoms with Crippen LogP contribution in [0.3, 0.4) is 0 Å². The molecule has 1 aromatic carbocycles. The van der Waals surface area contributed by atoms with Crippen molar-refractivity contribution in [2.75, 3.05) is 17.6 Å². The van der Waals surface area contributed by atoms with Crippen LogP contribution in [0.5, 0.6) is 0 Å². The van der Waals surface area contributed by atoms with Crippen LogP contribution in [0.4, 0.5) is 18.9 Å². The summed E-state index contributed by atoms with van der Waals surface area (Å²) in [5.74, 6) is -1.18. The third-order valence-electron chi connectivity index (χ3n) is 3.10. The molecule has 1 aliphatic heterocycles. The molecule has 0 bridgehead atoms. The Hall–Kier alpha value is -2.07. The zero-order chi connectivity index (χ0) is 17.3. The maximum absolute atomic E-state index is 12.6. The van der Waals surface area contributed by atoms with Crippen LogP contribution >= 0.6 is 0 Å². The molecule has 0 radical (unpaired) electrons. The lowest BCUT2D eigenvalue weighted by Gasteiger charge is -2.22. The number of nitrogens with one attached hydrogen (secondary N) is 2. The second kappa shape index (κ2) is 6.20. The Balaban J connectivity index is 2.03. The minimum atomic E-state index is -4.45. The molecule has 0 saturated heterocycles. The fraction of sp³-hybridized carbons (Fsp3) is 0.308. The van der Waals surface area contributed by atoms with E-state index in [1.54, 1.807) is 0 Å². The van der Waals surface area contributed by atoms with E-state index in [-0.39, 0.29) is 6.54 Å². The molecule has 1 aromatic rings. The van der Waals surface area contributed by atoms with E-state index in [1.165, 1.54) is 18.2 Å². The fourth-order valence-corrected chi connectivity index (χ4v) is 2.35. The first-order valence-electron chi connectivity index (χ1n) is 6.45. The monoisotopic (exact) mass is 350 g/mol. The average Bonchev–Trinajstić information content (AvgIpc) is 2.43. The second-order valence-corrected chi connectivity index (χ2v) is 6.43. The van der Waals surface area contributed by atoms with Crippen LogP contribution in [-0.4, -0.2) is 37.2 Å². The third-order valence-corrected chi connectivity index (χ3v) is 3.82. The molecule has 23 heavy (non-hydrogen) atoms. The molecule has 6 nitrogen and oxygen atoms in total. The Labute approximate surface area is 130 Å². The molecule has 1 atom stereocenters. The molecular formula is C13H13F3N2O4S. The summed E-state index contributed by atoms with van der Waals surface area (Å²) in [6.07, 6.45) is -1.70. The van der Waals surface area contributed by atoms with Gasteiger partial charge >= 0.3 is 6.18 Å². The summed E-state index contributed by atoms with van der Waals surface area (Å²) in [4.78, 5) is 11.8. The van der Waals surface area contributed by atoms with Crippen molar-refractivity contribution in [2.45, 2.75) is 12.2 Å². The van der Waals surface area contributed by atoms with Crippen LogP contribution < -0.4 is 10.6 Å². The van der Waals surface area contributed by atoms with Gasteiger partial charge in [-0.05, 0) is 23.8 Å². The lowest BCUT2D eigenvalue weighted by atomic mass is 10.0. The number of anilines is 1. The van der Waals surface area contributed by atoms with Gasteiger partial charge in [0.05, 0.1) is 11.3 Å². The van der Waals surface area contributed by atoms with Crippen LogP contribution in [0.1, 0.15) is 11.1 Å². The van der Waals surface area contributed by atoms with Gasteiger partial charge in [0.15, 0.2) is 0 Å². The first-order chi connectivity index (χ1) is 10.6. The molecule has 0 aromatic heterocycles. The molecule has 2 rings (SSSR count). The fourth-order valence-electron chi connectivity index (χ4n) is 1.99. The number of carbonyl (C=O) groups is 1. The van der Waals surface area contributed by atoms with Crippen molar-refractivity contribution in [1.29, 1.82) is 0 Å². The smallest absolute Gasteiger partial charge is 0.370 e. The first kappa shape index (κ1) is 17.3. The van der Waals surface area contributed by atoms with Crippen LogP contribution in [-0.2, 0) is 21.1 Å². The number of amides is 1. The Morgan fingerprint density at radius 3 is 2.65 bits per heavy atom.